The molecule has 0 aliphatic rings. The fourth-order valence-electron chi connectivity index (χ4n) is 3.66. The highest BCUT2D eigenvalue weighted by atomic mass is 16.6. The number of aryl methyl sites for hydroxylation is 1. The first kappa shape index (κ1) is 26.2. The number of nitrogens with one attached hydrogen (secondary N) is 2. The van der Waals surface area contributed by atoms with E-state index in [0.29, 0.717) is 18.7 Å². The summed E-state index contributed by atoms with van der Waals surface area (Å²) < 4.78 is 5.26. The number of pyridine rings is 1. The summed E-state index contributed by atoms with van der Waals surface area (Å²) in [6.07, 6.45) is 3.34. The van der Waals surface area contributed by atoms with Crippen LogP contribution in [0.1, 0.15) is 48.7 Å². The minimum Gasteiger partial charge on any atom is -0.444 e. The van der Waals surface area contributed by atoms with Gasteiger partial charge in [0, 0.05) is 36.8 Å². The topological polar surface area (TPSA) is 83.6 Å². The van der Waals surface area contributed by atoms with E-state index in [4.69, 9.17) is 4.74 Å². The average molecular weight is 477 g/mol. The molecular formula is C28H36N4O3. The van der Waals surface area contributed by atoms with Crippen molar-refractivity contribution in [2.45, 2.75) is 45.8 Å². The molecule has 3 aromatic rings. The Morgan fingerprint density at radius 2 is 1.71 bits per heavy atom. The zero-order valence-corrected chi connectivity index (χ0v) is 21.1. The van der Waals surface area contributed by atoms with Gasteiger partial charge in [-0.1, -0.05) is 30.3 Å². The van der Waals surface area contributed by atoms with E-state index in [9.17, 15) is 9.59 Å². The maximum atomic E-state index is 12.5. The predicted octanol–water partition coefficient (Wildman–Crippen LogP) is 4.55. The summed E-state index contributed by atoms with van der Waals surface area (Å²) in [7, 11) is 2.07. The van der Waals surface area contributed by atoms with Gasteiger partial charge >= 0.3 is 6.09 Å². The molecule has 7 heteroatoms. The Bertz CT molecular complexity index is 1120. The summed E-state index contributed by atoms with van der Waals surface area (Å²) in [5.41, 5.74) is 3.34. The van der Waals surface area contributed by atoms with E-state index in [0.717, 1.165) is 42.4 Å². The van der Waals surface area contributed by atoms with Crippen LogP contribution in [0.15, 0.2) is 60.8 Å². The number of nitrogens with zero attached hydrogens (tertiary/aromatic N) is 2. The quantitative estimate of drug-likeness (QED) is 0.448. The number of alkyl carbamates (subject to hydrolysis) is 1. The number of ether oxygens (including phenoxy) is 1. The van der Waals surface area contributed by atoms with Gasteiger partial charge in [-0.25, -0.2) is 4.79 Å². The van der Waals surface area contributed by atoms with Crippen molar-refractivity contribution in [3.05, 3.63) is 77.5 Å². The Balaban J connectivity index is 1.32. The lowest BCUT2D eigenvalue weighted by Gasteiger charge is -2.19. The second kappa shape index (κ2) is 12.3. The highest BCUT2D eigenvalue weighted by Crippen LogP contribution is 2.13. The second-order valence-electron chi connectivity index (χ2n) is 9.75. The van der Waals surface area contributed by atoms with Crippen molar-refractivity contribution in [3.8, 4) is 0 Å². The molecule has 1 heterocycles. The van der Waals surface area contributed by atoms with Gasteiger partial charge in [0.2, 0.25) is 0 Å². The fraction of sp³-hybridized carbons (Fsp3) is 0.393. The van der Waals surface area contributed by atoms with Crippen LogP contribution in [0.25, 0.3) is 10.9 Å². The zero-order chi connectivity index (χ0) is 25.3. The summed E-state index contributed by atoms with van der Waals surface area (Å²) in [4.78, 5) is 30.7. The van der Waals surface area contributed by atoms with Crippen molar-refractivity contribution in [2.75, 3.05) is 26.7 Å². The van der Waals surface area contributed by atoms with Gasteiger partial charge in [-0.3, -0.25) is 9.78 Å². The SMILES string of the molecule is CN(CCCc1ccc(CNC(=O)OC(C)(C)C)cc1)CCNC(=O)c1ccc2ncccc2c1. The normalized spacial score (nSPS) is 11.5. The minimum absolute atomic E-state index is 0.0644. The number of hydrogen-bond acceptors (Lipinski definition) is 5. The largest absolute Gasteiger partial charge is 0.444 e. The van der Waals surface area contributed by atoms with Crippen molar-refractivity contribution >= 4 is 22.9 Å². The highest BCUT2D eigenvalue weighted by molar-refractivity contribution is 5.97. The van der Waals surface area contributed by atoms with Gasteiger partial charge < -0.3 is 20.3 Å². The van der Waals surface area contributed by atoms with Crippen LogP contribution in [0.5, 0.6) is 0 Å². The van der Waals surface area contributed by atoms with Crippen LogP contribution in [0, 0.1) is 0 Å². The molecule has 0 spiro atoms. The molecule has 7 nitrogen and oxygen atoms in total. The third-order valence-corrected chi connectivity index (χ3v) is 5.51. The van der Waals surface area contributed by atoms with Crippen LogP contribution in [0.4, 0.5) is 4.79 Å². The molecule has 2 aromatic carbocycles. The smallest absolute Gasteiger partial charge is 0.407 e. The average Bonchev–Trinajstić information content (AvgIpc) is 2.82. The molecule has 0 saturated heterocycles. The van der Waals surface area contributed by atoms with Gasteiger partial charge in [-0.05, 0) is 82.6 Å². The van der Waals surface area contributed by atoms with Gasteiger partial charge in [0.05, 0.1) is 5.52 Å². The number of hydrogen-bond donors (Lipinski definition) is 2. The second-order valence-corrected chi connectivity index (χ2v) is 9.75. The van der Waals surface area contributed by atoms with E-state index < -0.39 is 11.7 Å². The van der Waals surface area contributed by atoms with Gasteiger partial charge in [0.1, 0.15) is 5.60 Å². The maximum absolute atomic E-state index is 12.5. The summed E-state index contributed by atoms with van der Waals surface area (Å²) in [5, 5.41) is 6.74. The number of aromatic nitrogens is 1. The highest BCUT2D eigenvalue weighted by Gasteiger charge is 2.15. The van der Waals surface area contributed by atoms with Crippen molar-refractivity contribution in [1.82, 2.24) is 20.5 Å². The Hall–Kier alpha value is -3.45. The Morgan fingerprint density at radius 1 is 0.971 bits per heavy atom. The van der Waals surface area contributed by atoms with Crippen LogP contribution < -0.4 is 10.6 Å². The molecular weight excluding hydrogens is 440 g/mol. The molecule has 0 unspecified atom stereocenters. The summed E-state index contributed by atoms with van der Waals surface area (Å²) in [6.45, 7) is 8.31. The lowest BCUT2D eigenvalue weighted by atomic mass is 10.1. The molecule has 0 radical (unpaired) electrons. The summed E-state index contributed by atoms with van der Waals surface area (Å²) in [5.74, 6) is -0.0644. The first-order chi connectivity index (χ1) is 16.7. The lowest BCUT2D eigenvalue weighted by Crippen LogP contribution is -2.33. The molecule has 2 amide bonds. The van der Waals surface area contributed by atoms with Crippen LogP contribution in [0.3, 0.4) is 0 Å². The van der Waals surface area contributed by atoms with E-state index in [1.54, 1.807) is 6.20 Å². The summed E-state index contributed by atoms with van der Waals surface area (Å²) in [6, 6.07) is 17.7. The van der Waals surface area contributed by atoms with Crippen LogP contribution >= 0.6 is 0 Å². The molecule has 0 aliphatic heterocycles. The molecule has 186 valence electrons. The first-order valence-electron chi connectivity index (χ1n) is 12.1. The number of carbonyl (C=O) groups excluding carboxylic acids is 2. The monoisotopic (exact) mass is 476 g/mol. The van der Waals surface area contributed by atoms with Crippen molar-refractivity contribution < 1.29 is 14.3 Å². The molecule has 3 rings (SSSR count). The first-order valence-corrected chi connectivity index (χ1v) is 12.1. The van der Waals surface area contributed by atoms with Crippen LogP contribution in [0.2, 0.25) is 0 Å². The van der Waals surface area contributed by atoms with Gasteiger partial charge in [0.25, 0.3) is 5.91 Å². The summed E-state index contributed by atoms with van der Waals surface area (Å²) >= 11 is 0. The van der Waals surface area contributed by atoms with E-state index in [2.05, 4.69) is 39.7 Å². The zero-order valence-electron chi connectivity index (χ0n) is 21.1. The van der Waals surface area contributed by atoms with E-state index in [1.165, 1.54) is 5.56 Å². The fourth-order valence-corrected chi connectivity index (χ4v) is 3.66. The van der Waals surface area contributed by atoms with Crippen LogP contribution in [-0.4, -0.2) is 54.2 Å². The van der Waals surface area contributed by atoms with E-state index in [1.807, 2.05) is 63.2 Å². The molecule has 0 atom stereocenters. The third-order valence-electron chi connectivity index (χ3n) is 5.51. The number of fused-ring (bicyclic) bond motifs is 1. The number of rotatable bonds is 10. The number of likely N-dealkylation sites (N-methyl/N-ethyl adjacent to an activating group) is 1. The van der Waals surface area contributed by atoms with Crippen molar-refractivity contribution in [3.63, 3.8) is 0 Å². The number of carbonyl (C=O) groups is 2. The van der Waals surface area contributed by atoms with Crippen molar-refractivity contribution in [1.29, 1.82) is 0 Å². The standard InChI is InChI=1S/C28H36N4O3/c1-28(2,3)35-27(34)31-20-22-11-9-21(10-12-22)7-6-17-32(4)18-16-30-26(33)24-13-14-25-23(19-24)8-5-15-29-25/h5,8-15,19H,6-7,16-18,20H2,1-4H3,(H,30,33)(H,31,34). The minimum atomic E-state index is -0.498. The van der Waals surface area contributed by atoms with Gasteiger partial charge in [-0.15, -0.1) is 0 Å². The predicted molar refractivity (Wildman–Crippen MR) is 139 cm³/mol. The third kappa shape index (κ3) is 9.02. The van der Waals surface area contributed by atoms with Crippen molar-refractivity contribution in [2.24, 2.45) is 0 Å². The molecule has 1 aromatic heterocycles. The van der Waals surface area contributed by atoms with Gasteiger partial charge in [-0.2, -0.15) is 0 Å². The lowest BCUT2D eigenvalue weighted by molar-refractivity contribution is 0.0523. The maximum Gasteiger partial charge on any atom is 0.407 e. The van der Waals surface area contributed by atoms with Gasteiger partial charge in [0.15, 0.2) is 0 Å². The molecule has 0 fully saturated rings. The number of benzene rings is 2. The molecule has 35 heavy (non-hydrogen) atoms. The number of amides is 2. The molecule has 0 bridgehead atoms. The molecule has 0 saturated carbocycles. The van der Waals surface area contributed by atoms with Crippen LogP contribution in [-0.2, 0) is 17.7 Å². The van der Waals surface area contributed by atoms with E-state index >= 15 is 0 Å². The molecule has 0 aliphatic carbocycles. The molecule has 2 N–H and O–H groups in total. The van der Waals surface area contributed by atoms with E-state index in [-0.39, 0.29) is 5.91 Å². The Kier molecular flexibility index (Phi) is 9.20. The Morgan fingerprint density at radius 3 is 2.46 bits per heavy atom. The Labute approximate surface area is 207 Å².